The number of fused-ring (bicyclic) bond motifs is 5. The Balaban J connectivity index is 0.000000660. The van der Waals surface area contributed by atoms with Crippen LogP contribution in [-0.2, 0) is 4.74 Å². The fraction of sp³-hybridized carbons (Fsp3) is 1.00. The van der Waals surface area contributed by atoms with Crippen molar-refractivity contribution in [3.05, 3.63) is 0 Å². The van der Waals surface area contributed by atoms with Gasteiger partial charge in [-0.25, -0.2) is 0 Å². The van der Waals surface area contributed by atoms with Crippen LogP contribution < -0.4 is 0 Å². The SMILES string of the molecule is CC.COCC1(O)CCC2C(CCC3C2CCC2(C)C(CO)CCC32)C1.ClI. The van der Waals surface area contributed by atoms with E-state index in [0.29, 0.717) is 30.5 Å². The zero-order valence-electron chi connectivity index (χ0n) is 18.3. The van der Waals surface area contributed by atoms with E-state index in [1.165, 1.54) is 44.9 Å². The van der Waals surface area contributed by atoms with Crippen molar-refractivity contribution in [2.75, 3.05) is 20.3 Å². The summed E-state index contributed by atoms with van der Waals surface area (Å²) in [7, 11) is 6.32. The van der Waals surface area contributed by atoms with E-state index in [1.807, 2.05) is 13.8 Å². The normalized spacial score (nSPS) is 46.7. The number of aliphatic hydroxyl groups excluding tert-OH is 1. The molecule has 4 aliphatic rings. The molecule has 4 rings (SSSR count). The fourth-order valence-corrected chi connectivity index (χ4v) is 7.77. The van der Waals surface area contributed by atoms with Gasteiger partial charge in [0.25, 0.3) is 0 Å². The number of rotatable bonds is 3. The number of hydrogen-bond donors (Lipinski definition) is 2. The first kappa shape index (κ1) is 25.2. The second-order valence-corrected chi connectivity index (χ2v) is 9.84. The Bertz CT molecular complexity index is 479. The average Bonchev–Trinajstić information content (AvgIpc) is 3.07. The minimum Gasteiger partial charge on any atom is -0.396 e. The first-order valence-electron chi connectivity index (χ1n) is 11.5. The van der Waals surface area contributed by atoms with E-state index < -0.39 is 5.60 Å². The van der Waals surface area contributed by atoms with Crippen molar-refractivity contribution < 1.29 is 14.9 Å². The van der Waals surface area contributed by atoms with Gasteiger partial charge in [-0.2, -0.15) is 0 Å². The molecule has 0 heterocycles. The molecule has 2 N–H and O–H groups in total. The number of aliphatic hydroxyl groups is 2. The van der Waals surface area contributed by atoms with Crippen LogP contribution in [0.4, 0.5) is 0 Å². The summed E-state index contributed by atoms with van der Waals surface area (Å²) < 4.78 is 5.29. The predicted molar refractivity (Wildman–Crippen MR) is 126 cm³/mol. The van der Waals surface area contributed by atoms with E-state index in [1.54, 1.807) is 28.6 Å². The van der Waals surface area contributed by atoms with E-state index >= 15 is 0 Å². The van der Waals surface area contributed by atoms with Gasteiger partial charge in [-0.3, -0.25) is 0 Å². The van der Waals surface area contributed by atoms with Gasteiger partial charge in [0.05, 0.1) is 12.2 Å². The van der Waals surface area contributed by atoms with Crippen LogP contribution >= 0.6 is 30.4 Å². The van der Waals surface area contributed by atoms with Gasteiger partial charge < -0.3 is 14.9 Å². The number of halogens is 2. The Morgan fingerprint density at radius 1 is 0.964 bits per heavy atom. The summed E-state index contributed by atoms with van der Waals surface area (Å²) in [6, 6.07) is 0. The van der Waals surface area contributed by atoms with Crippen molar-refractivity contribution in [1.29, 1.82) is 0 Å². The minimum atomic E-state index is -0.568. The van der Waals surface area contributed by atoms with Gasteiger partial charge in [0, 0.05) is 35.2 Å². The Kier molecular flexibility index (Phi) is 9.86. The average molecular weight is 529 g/mol. The molecule has 0 aromatic rings. The van der Waals surface area contributed by atoms with Gasteiger partial charge in [-0.15, -0.1) is 0 Å². The Morgan fingerprint density at radius 3 is 2.29 bits per heavy atom. The van der Waals surface area contributed by atoms with Crippen LogP contribution in [0.5, 0.6) is 0 Å². The second-order valence-electron chi connectivity index (χ2n) is 9.84. The zero-order chi connectivity index (χ0) is 20.9. The van der Waals surface area contributed by atoms with Crippen molar-refractivity contribution in [2.45, 2.75) is 84.2 Å². The topological polar surface area (TPSA) is 49.7 Å². The number of methoxy groups -OCH3 is 1. The largest absolute Gasteiger partial charge is 0.396 e. The molecular formula is C23H42ClIO3. The Labute approximate surface area is 190 Å². The minimum absolute atomic E-state index is 0.389. The summed E-state index contributed by atoms with van der Waals surface area (Å²) in [6.07, 6.45) is 11.0. The van der Waals surface area contributed by atoms with Crippen molar-refractivity contribution >= 4 is 30.4 Å². The molecule has 5 heteroatoms. The maximum Gasteiger partial charge on any atom is 0.0882 e. The first-order chi connectivity index (χ1) is 13.5. The molecule has 0 aromatic carbocycles. The van der Waals surface area contributed by atoms with Crippen LogP contribution in [0, 0.1) is 40.9 Å². The Hall–Kier alpha value is 0.900. The standard InChI is InChI=1S/C21H36O3.C2H6.ClI/c1-20-9-7-17-16-8-10-21(23,13-24-2)11-14(16)3-5-18(17)19(20)6-4-15(20)12-22;2*1-2/h14-19,22-23H,3-13H2,1-2H3;1-2H3;. The third-order valence-corrected chi connectivity index (χ3v) is 8.93. The van der Waals surface area contributed by atoms with Crippen LogP contribution in [0.25, 0.3) is 0 Å². The summed E-state index contributed by atoms with van der Waals surface area (Å²) >= 11 is 1.62. The molecule has 4 fully saturated rings. The third kappa shape index (κ3) is 4.71. The molecule has 8 atom stereocenters. The molecular weight excluding hydrogens is 487 g/mol. The van der Waals surface area contributed by atoms with Gasteiger partial charge in [0.2, 0.25) is 0 Å². The summed E-state index contributed by atoms with van der Waals surface area (Å²) in [4.78, 5) is 0. The Morgan fingerprint density at radius 2 is 1.64 bits per heavy atom. The monoisotopic (exact) mass is 528 g/mol. The molecule has 166 valence electrons. The molecule has 0 amide bonds. The van der Waals surface area contributed by atoms with E-state index in [9.17, 15) is 10.2 Å². The highest BCUT2D eigenvalue weighted by molar-refractivity contribution is 14.1. The van der Waals surface area contributed by atoms with E-state index in [-0.39, 0.29) is 0 Å². The van der Waals surface area contributed by atoms with Crippen LogP contribution in [0.1, 0.15) is 78.6 Å². The molecule has 3 nitrogen and oxygen atoms in total. The molecule has 4 aliphatic carbocycles. The van der Waals surface area contributed by atoms with Gasteiger partial charge in [-0.1, -0.05) is 20.8 Å². The second kappa shape index (κ2) is 11.0. The van der Waals surface area contributed by atoms with Crippen molar-refractivity contribution in [3.63, 3.8) is 0 Å². The maximum atomic E-state index is 10.8. The van der Waals surface area contributed by atoms with Crippen molar-refractivity contribution in [3.8, 4) is 0 Å². The smallest absolute Gasteiger partial charge is 0.0882 e. The highest BCUT2D eigenvalue weighted by Crippen LogP contribution is 2.64. The van der Waals surface area contributed by atoms with Gasteiger partial charge >= 0.3 is 0 Å². The highest BCUT2D eigenvalue weighted by Gasteiger charge is 2.57. The third-order valence-electron chi connectivity index (χ3n) is 8.93. The lowest BCUT2D eigenvalue weighted by atomic mass is 9.49. The summed E-state index contributed by atoms with van der Waals surface area (Å²) in [5.74, 6) is 4.69. The molecule has 0 aromatic heterocycles. The zero-order valence-corrected chi connectivity index (χ0v) is 21.2. The maximum absolute atomic E-state index is 10.8. The van der Waals surface area contributed by atoms with E-state index in [4.69, 9.17) is 4.74 Å². The van der Waals surface area contributed by atoms with Gasteiger partial charge in [0.15, 0.2) is 0 Å². The van der Waals surface area contributed by atoms with Gasteiger partial charge in [-0.05, 0) is 108 Å². The molecule has 4 saturated carbocycles. The number of ether oxygens (including phenoxy) is 1. The molecule has 28 heavy (non-hydrogen) atoms. The summed E-state index contributed by atoms with van der Waals surface area (Å²) in [5, 5.41) is 20.6. The highest BCUT2D eigenvalue weighted by atomic mass is 127. The summed E-state index contributed by atoms with van der Waals surface area (Å²) in [6.45, 7) is 7.37. The van der Waals surface area contributed by atoms with Gasteiger partial charge in [0.1, 0.15) is 0 Å². The van der Waals surface area contributed by atoms with Crippen LogP contribution in [0.15, 0.2) is 0 Å². The molecule has 0 spiro atoms. The predicted octanol–water partition coefficient (Wildman–Crippen LogP) is 6.23. The molecule has 0 bridgehead atoms. The molecule has 0 aliphatic heterocycles. The molecule has 0 saturated heterocycles. The molecule has 0 radical (unpaired) electrons. The first-order valence-corrected chi connectivity index (χ1v) is 14.2. The molecule has 8 unspecified atom stereocenters. The van der Waals surface area contributed by atoms with Crippen LogP contribution in [-0.4, -0.2) is 36.1 Å². The quantitative estimate of drug-likeness (QED) is 0.427. The van der Waals surface area contributed by atoms with Crippen LogP contribution in [0.2, 0.25) is 0 Å². The van der Waals surface area contributed by atoms with Crippen molar-refractivity contribution in [2.24, 2.45) is 40.9 Å². The number of hydrogen-bond acceptors (Lipinski definition) is 3. The van der Waals surface area contributed by atoms with E-state index in [0.717, 1.165) is 36.5 Å². The lowest BCUT2D eigenvalue weighted by Crippen LogP contribution is -2.52. The summed E-state index contributed by atoms with van der Waals surface area (Å²) in [5.41, 5.74) is -0.171. The van der Waals surface area contributed by atoms with Crippen LogP contribution in [0.3, 0.4) is 0 Å². The fourth-order valence-electron chi connectivity index (χ4n) is 7.77. The van der Waals surface area contributed by atoms with Crippen molar-refractivity contribution in [1.82, 2.24) is 0 Å². The lowest BCUT2D eigenvalue weighted by molar-refractivity contribution is -0.125. The van der Waals surface area contributed by atoms with E-state index in [2.05, 4.69) is 15.8 Å². The lowest BCUT2D eigenvalue weighted by Gasteiger charge is -2.57.